The van der Waals surface area contributed by atoms with Gasteiger partial charge in [-0.15, -0.1) is 13.2 Å². The van der Waals surface area contributed by atoms with E-state index >= 15 is 0 Å². The Morgan fingerprint density at radius 2 is 1.97 bits per heavy atom. The highest BCUT2D eigenvalue weighted by Crippen LogP contribution is 2.35. The molecule has 3 rings (SSSR count). The molecule has 0 bridgehead atoms. The molecular formula is C20H18ClF5N4O4. The Hall–Kier alpha value is -3.03. The Labute approximate surface area is 194 Å². The minimum absolute atomic E-state index is 0.0144. The van der Waals surface area contributed by atoms with Gasteiger partial charge in [-0.25, -0.2) is 9.78 Å². The van der Waals surface area contributed by atoms with Crippen LogP contribution in [-0.2, 0) is 5.92 Å². The second-order valence-corrected chi connectivity index (χ2v) is 7.57. The molecule has 0 saturated heterocycles. The molecule has 1 aliphatic rings. The molecule has 0 radical (unpaired) electrons. The molecule has 0 aliphatic carbocycles. The summed E-state index contributed by atoms with van der Waals surface area (Å²) in [6, 6.07) is 2.56. The van der Waals surface area contributed by atoms with Crippen LogP contribution in [0, 0.1) is 0 Å². The zero-order chi connectivity index (χ0) is 25.1. The zero-order valence-corrected chi connectivity index (χ0v) is 17.9. The topological polar surface area (TPSA) is 108 Å². The molecule has 2 aromatic rings. The Bertz CT molecular complexity index is 1070. The van der Waals surface area contributed by atoms with E-state index in [0.29, 0.717) is 12.0 Å². The lowest BCUT2D eigenvalue weighted by Crippen LogP contribution is -2.38. The van der Waals surface area contributed by atoms with E-state index in [2.05, 4.69) is 20.0 Å². The van der Waals surface area contributed by atoms with E-state index in [1.54, 1.807) is 6.08 Å². The standard InChI is InChI=1S/C20H18ClF5N4O4/c21-14-7-12(19(22,23)15(32)10-31)8-28-17(14)11-3-5-30(6-4-11)18(33)29-16-2-1-13(9-27-16)34-20(24,25)26/h1-3,7-9,15,31-32H,4-6,10H2,(H,27,29,33)/t15-/m0/s1. The minimum Gasteiger partial charge on any atom is -0.404 e. The van der Waals surface area contributed by atoms with Crippen LogP contribution in [0.15, 0.2) is 36.7 Å². The fourth-order valence-electron chi connectivity index (χ4n) is 3.07. The first-order valence-electron chi connectivity index (χ1n) is 9.70. The molecule has 1 aliphatic heterocycles. The number of halogens is 6. The van der Waals surface area contributed by atoms with Crippen molar-refractivity contribution in [1.29, 1.82) is 0 Å². The van der Waals surface area contributed by atoms with Crippen molar-refractivity contribution >= 4 is 29.0 Å². The second kappa shape index (κ2) is 10.1. The lowest BCUT2D eigenvalue weighted by atomic mass is 10.0. The smallest absolute Gasteiger partial charge is 0.404 e. The van der Waals surface area contributed by atoms with Crippen molar-refractivity contribution in [2.45, 2.75) is 24.8 Å². The largest absolute Gasteiger partial charge is 0.573 e. The highest BCUT2D eigenvalue weighted by Gasteiger charge is 2.41. The summed E-state index contributed by atoms with van der Waals surface area (Å²) in [5.41, 5.74) is 0.194. The number of nitrogens with one attached hydrogen (secondary N) is 1. The first kappa shape index (κ1) is 25.6. The maximum absolute atomic E-state index is 14.1. The van der Waals surface area contributed by atoms with Gasteiger partial charge in [0.2, 0.25) is 0 Å². The molecule has 34 heavy (non-hydrogen) atoms. The molecule has 0 fully saturated rings. The Balaban J connectivity index is 1.63. The number of nitrogens with zero attached hydrogens (tertiary/aromatic N) is 3. The summed E-state index contributed by atoms with van der Waals surface area (Å²) >= 11 is 6.11. The number of anilines is 1. The molecule has 0 aromatic carbocycles. The van der Waals surface area contributed by atoms with Gasteiger partial charge in [-0.05, 0) is 30.2 Å². The number of amides is 2. The van der Waals surface area contributed by atoms with Crippen LogP contribution < -0.4 is 10.1 Å². The third kappa shape index (κ3) is 6.10. The molecule has 0 saturated carbocycles. The van der Waals surface area contributed by atoms with Gasteiger partial charge >= 0.3 is 18.3 Å². The molecule has 3 N–H and O–H groups in total. The van der Waals surface area contributed by atoms with Gasteiger partial charge in [-0.2, -0.15) is 8.78 Å². The molecule has 3 heterocycles. The van der Waals surface area contributed by atoms with Gasteiger partial charge in [0.15, 0.2) is 0 Å². The quantitative estimate of drug-likeness (QED) is 0.512. The van der Waals surface area contributed by atoms with E-state index in [4.69, 9.17) is 16.7 Å². The molecule has 14 heteroatoms. The number of carbonyl (C=O) groups excluding carboxylic acids is 1. The highest BCUT2D eigenvalue weighted by atomic mass is 35.5. The molecule has 2 aromatic heterocycles. The monoisotopic (exact) mass is 508 g/mol. The summed E-state index contributed by atoms with van der Waals surface area (Å²) in [7, 11) is 0. The predicted octanol–water partition coefficient (Wildman–Crippen LogP) is 3.79. The van der Waals surface area contributed by atoms with Crippen molar-refractivity contribution < 1.29 is 41.7 Å². The summed E-state index contributed by atoms with van der Waals surface area (Å²) in [6.45, 7) is -0.807. The molecule has 2 amide bonds. The van der Waals surface area contributed by atoms with Crippen molar-refractivity contribution in [1.82, 2.24) is 14.9 Å². The predicted molar refractivity (Wildman–Crippen MR) is 110 cm³/mol. The fraction of sp³-hybridized carbons (Fsp3) is 0.350. The highest BCUT2D eigenvalue weighted by molar-refractivity contribution is 6.32. The number of aromatic nitrogens is 2. The SMILES string of the molecule is O=C(Nc1ccc(OC(F)(F)F)cn1)N1CC=C(c2ncc(C(F)(F)[C@@H](O)CO)cc2Cl)CC1. The van der Waals surface area contributed by atoms with Gasteiger partial charge in [0.05, 0.1) is 23.5 Å². The van der Waals surface area contributed by atoms with Crippen molar-refractivity contribution in [2.75, 3.05) is 25.0 Å². The van der Waals surface area contributed by atoms with Crippen molar-refractivity contribution in [3.63, 3.8) is 0 Å². The Morgan fingerprint density at radius 3 is 2.50 bits per heavy atom. The average molecular weight is 509 g/mol. The van der Waals surface area contributed by atoms with Crippen molar-refractivity contribution in [3.05, 3.63) is 52.9 Å². The summed E-state index contributed by atoms with van der Waals surface area (Å²) < 4.78 is 68.5. The summed E-state index contributed by atoms with van der Waals surface area (Å²) in [4.78, 5) is 21.5. The van der Waals surface area contributed by atoms with Crippen LogP contribution in [0.2, 0.25) is 5.02 Å². The van der Waals surface area contributed by atoms with Crippen molar-refractivity contribution in [2.24, 2.45) is 0 Å². The van der Waals surface area contributed by atoms with E-state index in [1.807, 2.05) is 0 Å². The van der Waals surface area contributed by atoms with E-state index in [-0.39, 0.29) is 29.6 Å². The third-order valence-electron chi connectivity index (χ3n) is 4.82. The maximum atomic E-state index is 14.1. The number of aliphatic hydroxyl groups is 2. The molecule has 0 unspecified atom stereocenters. The fourth-order valence-corrected chi connectivity index (χ4v) is 3.36. The van der Waals surface area contributed by atoms with E-state index in [0.717, 1.165) is 30.6 Å². The lowest BCUT2D eigenvalue weighted by Gasteiger charge is -2.27. The van der Waals surface area contributed by atoms with Crippen LogP contribution in [-0.4, -0.2) is 63.3 Å². The summed E-state index contributed by atoms with van der Waals surface area (Å²) in [6.07, 6.45) is -3.56. The summed E-state index contributed by atoms with van der Waals surface area (Å²) in [5, 5.41) is 20.5. The van der Waals surface area contributed by atoms with Gasteiger partial charge in [-0.1, -0.05) is 17.7 Å². The number of hydrogen-bond acceptors (Lipinski definition) is 6. The van der Waals surface area contributed by atoms with E-state index < -0.39 is 42.3 Å². The van der Waals surface area contributed by atoms with Crippen LogP contribution in [0.25, 0.3) is 5.57 Å². The van der Waals surface area contributed by atoms with Crippen LogP contribution in [0.1, 0.15) is 17.7 Å². The third-order valence-corrected chi connectivity index (χ3v) is 5.11. The average Bonchev–Trinajstić information content (AvgIpc) is 2.78. The lowest BCUT2D eigenvalue weighted by molar-refractivity contribution is -0.274. The zero-order valence-electron chi connectivity index (χ0n) is 17.2. The number of ether oxygens (including phenoxy) is 1. The number of urea groups is 1. The number of rotatable bonds is 6. The van der Waals surface area contributed by atoms with Gasteiger partial charge in [0.1, 0.15) is 17.7 Å². The van der Waals surface area contributed by atoms with Crippen LogP contribution in [0.3, 0.4) is 0 Å². The first-order valence-corrected chi connectivity index (χ1v) is 10.1. The normalized spacial score (nSPS) is 15.5. The van der Waals surface area contributed by atoms with Gasteiger partial charge < -0.3 is 19.8 Å². The van der Waals surface area contributed by atoms with Gasteiger partial charge in [0, 0.05) is 24.8 Å². The molecule has 8 nitrogen and oxygen atoms in total. The van der Waals surface area contributed by atoms with E-state index in [1.165, 1.54) is 4.90 Å². The number of carbonyl (C=O) groups is 1. The maximum Gasteiger partial charge on any atom is 0.573 e. The number of hydrogen-bond donors (Lipinski definition) is 3. The van der Waals surface area contributed by atoms with E-state index in [9.17, 15) is 31.9 Å². The second-order valence-electron chi connectivity index (χ2n) is 7.16. The summed E-state index contributed by atoms with van der Waals surface area (Å²) in [5.74, 6) is -4.26. The number of pyridine rings is 2. The van der Waals surface area contributed by atoms with Gasteiger partial charge in [0.25, 0.3) is 0 Å². The Morgan fingerprint density at radius 1 is 1.24 bits per heavy atom. The first-order chi connectivity index (χ1) is 15.9. The molecular weight excluding hydrogens is 491 g/mol. The number of alkyl halides is 5. The van der Waals surface area contributed by atoms with Gasteiger partial charge in [-0.3, -0.25) is 10.3 Å². The van der Waals surface area contributed by atoms with Crippen LogP contribution in [0.4, 0.5) is 32.6 Å². The van der Waals surface area contributed by atoms with Crippen molar-refractivity contribution in [3.8, 4) is 5.75 Å². The number of aliphatic hydroxyl groups excluding tert-OH is 2. The molecule has 1 atom stereocenters. The molecule has 0 spiro atoms. The Kier molecular flexibility index (Phi) is 7.58. The molecule has 184 valence electrons. The van der Waals surface area contributed by atoms with Crippen LogP contribution >= 0.6 is 11.6 Å². The van der Waals surface area contributed by atoms with Crippen LogP contribution in [0.5, 0.6) is 5.75 Å². The minimum atomic E-state index is -4.86.